The van der Waals surface area contributed by atoms with Crippen molar-refractivity contribution in [1.82, 2.24) is 4.90 Å². The van der Waals surface area contributed by atoms with Gasteiger partial charge in [-0.2, -0.15) is 13.2 Å². The van der Waals surface area contributed by atoms with E-state index in [0.29, 0.717) is 10.0 Å². The van der Waals surface area contributed by atoms with Crippen molar-refractivity contribution in [2.45, 2.75) is 58.4 Å². The summed E-state index contributed by atoms with van der Waals surface area (Å²) >= 11 is 3.32. The molecule has 1 aromatic carbocycles. The number of rotatable bonds is 6. The number of hydrogen-bond donors (Lipinski definition) is 0. The molecule has 0 N–H and O–H groups in total. The van der Waals surface area contributed by atoms with E-state index < -0.39 is 36.5 Å². The van der Waals surface area contributed by atoms with Crippen molar-refractivity contribution in [3.63, 3.8) is 0 Å². The van der Waals surface area contributed by atoms with Crippen molar-refractivity contribution < 1.29 is 27.5 Å². The van der Waals surface area contributed by atoms with E-state index in [1.54, 1.807) is 46.0 Å². The number of benzene rings is 1. The predicted molar refractivity (Wildman–Crippen MR) is 95.8 cm³/mol. The SMILES string of the molecule is CN(Cc1cc(Br)cc(CC(=O)CCC(F)(F)F)c1)C(=O)OC(C)(C)C. The Labute approximate surface area is 159 Å². The maximum absolute atomic E-state index is 12.2. The summed E-state index contributed by atoms with van der Waals surface area (Å²) in [6, 6.07) is 5.17. The number of nitrogens with zero attached hydrogens (tertiary/aromatic N) is 1. The molecule has 0 fully saturated rings. The number of ketones is 1. The zero-order chi connectivity index (χ0) is 20.1. The van der Waals surface area contributed by atoms with Crippen LogP contribution in [0.4, 0.5) is 18.0 Å². The maximum Gasteiger partial charge on any atom is 0.410 e. The number of hydrogen-bond acceptors (Lipinski definition) is 3. The lowest BCUT2D eigenvalue weighted by Gasteiger charge is -2.24. The lowest BCUT2D eigenvalue weighted by Crippen LogP contribution is -2.33. The molecule has 0 aliphatic heterocycles. The topological polar surface area (TPSA) is 46.6 Å². The minimum absolute atomic E-state index is 0.0847. The Kier molecular flexibility index (Phi) is 7.68. The zero-order valence-corrected chi connectivity index (χ0v) is 16.8. The van der Waals surface area contributed by atoms with E-state index in [9.17, 15) is 22.8 Å². The Morgan fingerprint density at radius 1 is 1.12 bits per heavy atom. The van der Waals surface area contributed by atoms with Gasteiger partial charge in [0.15, 0.2) is 0 Å². The van der Waals surface area contributed by atoms with Gasteiger partial charge in [-0.05, 0) is 44.0 Å². The molecule has 1 amide bonds. The van der Waals surface area contributed by atoms with E-state index in [1.807, 2.05) is 0 Å². The van der Waals surface area contributed by atoms with Gasteiger partial charge in [0.25, 0.3) is 0 Å². The van der Waals surface area contributed by atoms with Gasteiger partial charge in [0.1, 0.15) is 11.4 Å². The van der Waals surface area contributed by atoms with Gasteiger partial charge in [-0.15, -0.1) is 0 Å². The Morgan fingerprint density at radius 3 is 2.23 bits per heavy atom. The Morgan fingerprint density at radius 2 is 1.69 bits per heavy atom. The van der Waals surface area contributed by atoms with E-state index in [-0.39, 0.29) is 13.0 Å². The molecule has 4 nitrogen and oxygen atoms in total. The molecule has 0 saturated carbocycles. The highest BCUT2D eigenvalue weighted by atomic mass is 79.9. The largest absolute Gasteiger partial charge is 0.444 e. The third-order valence-corrected chi connectivity index (χ3v) is 3.69. The summed E-state index contributed by atoms with van der Waals surface area (Å²) < 4.78 is 42.6. The molecule has 146 valence electrons. The molecule has 0 aromatic heterocycles. The minimum Gasteiger partial charge on any atom is -0.444 e. The zero-order valence-electron chi connectivity index (χ0n) is 15.2. The van der Waals surface area contributed by atoms with E-state index >= 15 is 0 Å². The fourth-order valence-corrected chi connectivity index (χ4v) is 2.77. The first-order valence-electron chi connectivity index (χ1n) is 8.06. The van der Waals surface area contributed by atoms with Crippen LogP contribution in [-0.2, 0) is 22.5 Å². The number of alkyl halides is 3. The van der Waals surface area contributed by atoms with Gasteiger partial charge in [0.2, 0.25) is 0 Å². The van der Waals surface area contributed by atoms with Crippen molar-refractivity contribution in [3.8, 4) is 0 Å². The fraction of sp³-hybridized carbons (Fsp3) is 0.556. The van der Waals surface area contributed by atoms with Crippen molar-refractivity contribution in [3.05, 3.63) is 33.8 Å². The Balaban J connectivity index is 2.74. The van der Waals surface area contributed by atoms with E-state index in [4.69, 9.17) is 4.74 Å². The number of ether oxygens (including phenoxy) is 1. The first-order chi connectivity index (χ1) is 11.7. The highest BCUT2D eigenvalue weighted by Crippen LogP contribution is 2.23. The second-order valence-corrected chi connectivity index (χ2v) is 8.05. The van der Waals surface area contributed by atoms with Gasteiger partial charge < -0.3 is 9.64 Å². The summed E-state index contributed by atoms with van der Waals surface area (Å²) in [7, 11) is 1.59. The Hall–Kier alpha value is -1.57. The van der Waals surface area contributed by atoms with E-state index in [0.717, 1.165) is 5.56 Å². The molecular formula is C18H23BrF3NO3. The van der Waals surface area contributed by atoms with Crippen molar-refractivity contribution >= 4 is 27.8 Å². The van der Waals surface area contributed by atoms with Crippen LogP contribution in [0.25, 0.3) is 0 Å². The molecule has 1 rings (SSSR count). The molecule has 0 atom stereocenters. The number of halogens is 4. The summed E-state index contributed by atoms with van der Waals surface area (Å²) in [6.45, 7) is 5.55. The van der Waals surface area contributed by atoms with Crippen LogP contribution in [0, 0.1) is 0 Å². The molecule has 0 saturated heterocycles. The summed E-state index contributed by atoms with van der Waals surface area (Å²) in [5.41, 5.74) is 0.726. The predicted octanol–water partition coefficient (Wildman–Crippen LogP) is 5.27. The molecule has 0 aliphatic rings. The number of carbonyl (C=O) groups excluding carboxylic acids is 2. The highest BCUT2D eigenvalue weighted by Gasteiger charge is 2.27. The molecule has 0 heterocycles. The third kappa shape index (κ3) is 9.22. The average Bonchev–Trinajstić information content (AvgIpc) is 2.41. The normalized spacial score (nSPS) is 12.0. The molecule has 8 heteroatoms. The van der Waals surface area contributed by atoms with Gasteiger partial charge in [0, 0.05) is 30.9 Å². The second-order valence-electron chi connectivity index (χ2n) is 7.13. The van der Waals surface area contributed by atoms with E-state index in [1.165, 1.54) is 4.90 Å². The average molecular weight is 438 g/mol. The molecule has 0 spiro atoms. The van der Waals surface area contributed by atoms with Crippen LogP contribution in [0.1, 0.15) is 44.7 Å². The Bertz CT molecular complexity index is 654. The van der Waals surface area contributed by atoms with E-state index in [2.05, 4.69) is 15.9 Å². The maximum atomic E-state index is 12.2. The lowest BCUT2D eigenvalue weighted by molar-refractivity contribution is -0.143. The molecule has 1 aromatic rings. The van der Waals surface area contributed by atoms with Crippen molar-refractivity contribution in [1.29, 1.82) is 0 Å². The van der Waals surface area contributed by atoms with Crippen LogP contribution in [0.3, 0.4) is 0 Å². The van der Waals surface area contributed by atoms with Gasteiger partial charge >= 0.3 is 12.3 Å². The van der Waals surface area contributed by atoms with Crippen molar-refractivity contribution in [2.24, 2.45) is 0 Å². The fourth-order valence-electron chi connectivity index (χ4n) is 2.19. The highest BCUT2D eigenvalue weighted by molar-refractivity contribution is 9.10. The molecule has 0 aliphatic carbocycles. The van der Waals surface area contributed by atoms with Crippen LogP contribution in [0.2, 0.25) is 0 Å². The summed E-state index contributed by atoms with van der Waals surface area (Å²) in [4.78, 5) is 25.2. The van der Waals surface area contributed by atoms with Gasteiger partial charge in [-0.1, -0.05) is 22.0 Å². The smallest absolute Gasteiger partial charge is 0.410 e. The first-order valence-corrected chi connectivity index (χ1v) is 8.85. The molecule has 0 unspecified atom stereocenters. The van der Waals surface area contributed by atoms with Crippen LogP contribution in [0.5, 0.6) is 0 Å². The van der Waals surface area contributed by atoms with Crippen molar-refractivity contribution in [2.75, 3.05) is 7.05 Å². The molecule has 0 radical (unpaired) electrons. The summed E-state index contributed by atoms with van der Waals surface area (Å²) in [5, 5.41) is 0. The quantitative estimate of drug-likeness (QED) is 0.608. The second kappa shape index (κ2) is 8.88. The molecule has 0 bridgehead atoms. The first kappa shape index (κ1) is 22.5. The van der Waals surface area contributed by atoms with Gasteiger partial charge in [-0.25, -0.2) is 4.79 Å². The molecule has 26 heavy (non-hydrogen) atoms. The van der Waals surface area contributed by atoms with Crippen LogP contribution in [0.15, 0.2) is 22.7 Å². The molecular weight excluding hydrogens is 415 g/mol. The van der Waals surface area contributed by atoms with Crippen LogP contribution >= 0.6 is 15.9 Å². The van der Waals surface area contributed by atoms with Crippen LogP contribution in [-0.4, -0.2) is 35.6 Å². The number of Topliss-reactive ketones (excluding diaryl/α,β-unsaturated/α-hetero) is 1. The van der Waals surface area contributed by atoms with Gasteiger partial charge in [-0.3, -0.25) is 4.79 Å². The third-order valence-electron chi connectivity index (χ3n) is 3.23. The number of amides is 1. The number of carbonyl (C=O) groups is 2. The van der Waals surface area contributed by atoms with Crippen LogP contribution < -0.4 is 0 Å². The summed E-state index contributed by atoms with van der Waals surface area (Å²) in [6.07, 6.45) is -6.57. The standard InChI is InChI=1S/C18H23BrF3NO3/c1-17(2,3)26-16(25)23(4)11-13-7-12(8-14(19)9-13)10-15(24)5-6-18(20,21)22/h7-9H,5-6,10-11H2,1-4H3. The summed E-state index contributed by atoms with van der Waals surface area (Å²) in [5.74, 6) is -0.480. The van der Waals surface area contributed by atoms with Gasteiger partial charge in [0.05, 0.1) is 6.42 Å². The lowest BCUT2D eigenvalue weighted by atomic mass is 10.0. The minimum atomic E-state index is -4.34. The monoisotopic (exact) mass is 437 g/mol.